The van der Waals surface area contributed by atoms with Crippen LogP contribution in [0.3, 0.4) is 0 Å². The Labute approximate surface area is 139 Å². The van der Waals surface area contributed by atoms with Gasteiger partial charge in [-0.3, -0.25) is 4.99 Å². The molecule has 0 rings (SSSR count). The minimum absolute atomic E-state index is 0. The highest BCUT2D eigenvalue weighted by Gasteiger charge is 2.15. The van der Waals surface area contributed by atoms with Crippen LogP contribution in [0.1, 0.15) is 47.0 Å². The number of guanidine groups is 1. The number of rotatable bonds is 7. The number of carbonyl (C=O) groups is 1. The number of carbonyl (C=O) groups excluding carboxylic acids is 1. The summed E-state index contributed by atoms with van der Waals surface area (Å²) in [4.78, 5) is 15.5. The molecule has 20 heavy (non-hydrogen) atoms. The lowest BCUT2D eigenvalue weighted by atomic mass is 10.2. The monoisotopic (exact) mass is 400 g/mol. The second kappa shape index (κ2) is 12.0. The summed E-state index contributed by atoms with van der Waals surface area (Å²) in [6, 6.07) is 0. The minimum atomic E-state index is -0.449. The van der Waals surface area contributed by atoms with E-state index < -0.39 is 5.60 Å². The zero-order chi connectivity index (χ0) is 14.7. The molecule has 0 spiro atoms. The van der Waals surface area contributed by atoms with Gasteiger partial charge in [-0.2, -0.15) is 0 Å². The SMILES string of the molecule is CCCN=C(N)NCCCCNC(=O)OC(C)(C)C.I. The van der Waals surface area contributed by atoms with E-state index in [1.165, 1.54) is 0 Å². The van der Waals surface area contributed by atoms with E-state index in [0.717, 1.165) is 32.4 Å². The van der Waals surface area contributed by atoms with Crippen molar-refractivity contribution < 1.29 is 9.53 Å². The van der Waals surface area contributed by atoms with Crippen LogP contribution in [-0.4, -0.2) is 37.3 Å². The maximum Gasteiger partial charge on any atom is 0.407 e. The van der Waals surface area contributed by atoms with Crippen molar-refractivity contribution >= 4 is 36.0 Å². The van der Waals surface area contributed by atoms with Crippen LogP contribution in [-0.2, 0) is 4.74 Å². The molecule has 0 atom stereocenters. The smallest absolute Gasteiger partial charge is 0.407 e. The molecule has 120 valence electrons. The Morgan fingerprint density at radius 1 is 1.20 bits per heavy atom. The third-order valence-electron chi connectivity index (χ3n) is 2.08. The van der Waals surface area contributed by atoms with Crippen molar-refractivity contribution in [2.24, 2.45) is 10.7 Å². The van der Waals surface area contributed by atoms with Crippen molar-refractivity contribution in [3.05, 3.63) is 0 Å². The van der Waals surface area contributed by atoms with Gasteiger partial charge in [-0.25, -0.2) is 4.79 Å². The first kappa shape index (κ1) is 21.6. The van der Waals surface area contributed by atoms with Gasteiger partial charge in [0.2, 0.25) is 0 Å². The first-order chi connectivity index (χ1) is 8.85. The molecule has 0 fully saturated rings. The van der Waals surface area contributed by atoms with E-state index in [0.29, 0.717) is 12.5 Å². The summed E-state index contributed by atoms with van der Waals surface area (Å²) in [7, 11) is 0. The highest BCUT2D eigenvalue weighted by Crippen LogP contribution is 2.06. The largest absolute Gasteiger partial charge is 0.444 e. The number of nitrogens with zero attached hydrogens (tertiary/aromatic N) is 1. The number of alkyl carbamates (subject to hydrolysis) is 1. The number of hydrogen-bond donors (Lipinski definition) is 3. The summed E-state index contributed by atoms with van der Waals surface area (Å²) in [6.07, 6.45) is 2.40. The van der Waals surface area contributed by atoms with Gasteiger partial charge < -0.3 is 21.1 Å². The Morgan fingerprint density at radius 3 is 2.25 bits per heavy atom. The van der Waals surface area contributed by atoms with Crippen LogP contribution >= 0.6 is 24.0 Å². The predicted molar refractivity (Wildman–Crippen MR) is 93.7 cm³/mol. The van der Waals surface area contributed by atoms with Crippen LogP contribution in [0.4, 0.5) is 4.79 Å². The number of amides is 1. The third kappa shape index (κ3) is 15.3. The van der Waals surface area contributed by atoms with Crippen LogP contribution < -0.4 is 16.4 Å². The lowest BCUT2D eigenvalue weighted by molar-refractivity contribution is 0.0527. The average molecular weight is 400 g/mol. The molecule has 0 saturated heterocycles. The Morgan fingerprint density at radius 2 is 1.75 bits per heavy atom. The van der Waals surface area contributed by atoms with Crippen molar-refractivity contribution in [1.82, 2.24) is 10.6 Å². The van der Waals surface area contributed by atoms with Gasteiger partial charge in [0.1, 0.15) is 5.60 Å². The fraction of sp³-hybridized carbons (Fsp3) is 0.846. The van der Waals surface area contributed by atoms with Gasteiger partial charge in [-0.1, -0.05) is 6.92 Å². The fourth-order valence-corrected chi connectivity index (χ4v) is 1.26. The number of unbranched alkanes of at least 4 members (excludes halogenated alkanes) is 1. The number of aliphatic imine (C=N–C) groups is 1. The zero-order valence-electron chi connectivity index (χ0n) is 13.0. The number of halogens is 1. The van der Waals surface area contributed by atoms with Crippen molar-refractivity contribution in [1.29, 1.82) is 0 Å². The molecule has 0 heterocycles. The van der Waals surface area contributed by atoms with E-state index in [1.54, 1.807) is 0 Å². The zero-order valence-corrected chi connectivity index (χ0v) is 15.3. The Bertz CT molecular complexity index is 291. The molecule has 0 aromatic carbocycles. The molecule has 0 aromatic rings. The molecule has 0 saturated carbocycles. The Kier molecular flexibility index (Phi) is 13.0. The van der Waals surface area contributed by atoms with Crippen LogP contribution in [0.2, 0.25) is 0 Å². The van der Waals surface area contributed by atoms with Crippen molar-refractivity contribution in [2.45, 2.75) is 52.6 Å². The highest BCUT2D eigenvalue weighted by molar-refractivity contribution is 14.0. The van der Waals surface area contributed by atoms with Gasteiger partial charge >= 0.3 is 6.09 Å². The normalized spacial score (nSPS) is 11.5. The summed E-state index contributed by atoms with van der Waals surface area (Å²) in [6.45, 7) is 9.69. The Hall–Kier alpha value is -0.730. The lowest BCUT2D eigenvalue weighted by Crippen LogP contribution is -2.34. The van der Waals surface area contributed by atoms with Gasteiger partial charge in [-0.05, 0) is 40.0 Å². The van der Waals surface area contributed by atoms with E-state index in [4.69, 9.17) is 10.5 Å². The first-order valence-electron chi connectivity index (χ1n) is 6.86. The Balaban J connectivity index is 0. The topological polar surface area (TPSA) is 88.7 Å². The van der Waals surface area contributed by atoms with E-state index in [2.05, 4.69) is 22.5 Å². The standard InChI is InChI=1S/C13H28N4O2.HI/c1-5-8-15-11(14)16-9-6-7-10-17-12(18)19-13(2,3)4;/h5-10H2,1-4H3,(H,17,18)(H3,14,15,16);1H. The van der Waals surface area contributed by atoms with E-state index >= 15 is 0 Å². The second-order valence-electron chi connectivity index (χ2n) is 5.33. The molecule has 0 aliphatic heterocycles. The molecule has 0 aliphatic carbocycles. The molecule has 0 aromatic heterocycles. The van der Waals surface area contributed by atoms with Gasteiger partial charge in [0.05, 0.1) is 0 Å². The van der Waals surface area contributed by atoms with E-state index in [9.17, 15) is 4.79 Å². The molecule has 4 N–H and O–H groups in total. The number of nitrogens with one attached hydrogen (secondary N) is 2. The molecular weight excluding hydrogens is 371 g/mol. The maximum absolute atomic E-state index is 11.3. The molecule has 0 bridgehead atoms. The highest BCUT2D eigenvalue weighted by atomic mass is 127. The summed E-state index contributed by atoms with van der Waals surface area (Å²) < 4.78 is 5.12. The second-order valence-corrected chi connectivity index (χ2v) is 5.33. The van der Waals surface area contributed by atoms with Crippen molar-refractivity contribution in [2.75, 3.05) is 19.6 Å². The van der Waals surface area contributed by atoms with Gasteiger partial charge in [0.25, 0.3) is 0 Å². The van der Waals surface area contributed by atoms with Crippen LogP contribution in [0.15, 0.2) is 4.99 Å². The molecule has 1 amide bonds. The molecule has 7 heteroatoms. The third-order valence-corrected chi connectivity index (χ3v) is 2.08. The van der Waals surface area contributed by atoms with Crippen molar-refractivity contribution in [3.63, 3.8) is 0 Å². The maximum atomic E-state index is 11.3. The molecule has 6 nitrogen and oxygen atoms in total. The minimum Gasteiger partial charge on any atom is -0.444 e. The van der Waals surface area contributed by atoms with Crippen LogP contribution in [0, 0.1) is 0 Å². The van der Waals surface area contributed by atoms with Crippen molar-refractivity contribution in [3.8, 4) is 0 Å². The molecule has 0 aliphatic rings. The van der Waals surface area contributed by atoms with E-state index in [-0.39, 0.29) is 30.1 Å². The van der Waals surface area contributed by atoms with Gasteiger partial charge in [0.15, 0.2) is 5.96 Å². The van der Waals surface area contributed by atoms with Gasteiger partial charge in [-0.15, -0.1) is 24.0 Å². The van der Waals surface area contributed by atoms with Gasteiger partial charge in [0, 0.05) is 19.6 Å². The summed E-state index contributed by atoms with van der Waals surface area (Å²) >= 11 is 0. The summed E-state index contributed by atoms with van der Waals surface area (Å²) in [5.41, 5.74) is 5.19. The summed E-state index contributed by atoms with van der Waals surface area (Å²) in [5, 5.41) is 5.74. The first-order valence-corrected chi connectivity index (χ1v) is 6.86. The number of ether oxygens (including phenoxy) is 1. The average Bonchev–Trinajstić information content (AvgIpc) is 2.28. The van der Waals surface area contributed by atoms with Crippen LogP contribution in [0.25, 0.3) is 0 Å². The quantitative estimate of drug-likeness (QED) is 0.265. The molecular formula is C13H29IN4O2. The molecule has 0 radical (unpaired) electrons. The lowest BCUT2D eigenvalue weighted by Gasteiger charge is -2.19. The molecule has 0 unspecified atom stereocenters. The number of hydrogen-bond acceptors (Lipinski definition) is 3. The summed E-state index contributed by atoms with van der Waals surface area (Å²) in [5.74, 6) is 0.488. The number of nitrogens with two attached hydrogens (primary N) is 1. The fourth-order valence-electron chi connectivity index (χ4n) is 1.26. The van der Waals surface area contributed by atoms with Crippen LogP contribution in [0.5, 0.6) is 0 Å². The predicted octanol–water partition coefficient (Wildman–Crippen LogP) is 2.22. The van der Waals surface area contributed by atoms with E-state index in [1.807, 2.05) is 20.8 Å².